The molecule has 0 N–H and O–H groups in total. The minimum absolute atomic E-state index is 0.284. The smallest absolute Gasteiger partial charge is 0.107 e. The molecule has 0 aliphatic heterocycles. The fourth-order valence-corrected chi connectivity index (χ4v) is 4.82. The number of hydrogen-bond acceptors (Lipinski definition) is 0. The van der Waals surface area contributed by atoms with Gasteiger partial charge in [0.2, 0.25) is 0 Å². The van der Waals surface area contributed by atoms with Crippen LogP contribution < -0.4 is 0 Å². The number of rotatable bonds is 14. The third-order valence-corrected chi connectivity index (χ3v) is 6.95. The van der Waals surface area contributed by atoms with Crippen LogP contribution in [0.1, 0.15) is 89.7 Å². The van der Waals surface area contributed by atoms with Crippen molar-refractivity contribution in [2.45, 2.75) is 78.6 Å². The Morgan fingerprint density at radius 1 is 1.09 bits per heavy atom. The number of unbranched alkanes of at least 4 members (excludes halogenated alkanes) is 3. The fraction of sp³-hybridized carbons (Fsp3) is 0.412. The van der Waals surface area contributed by atoms with Crippen molar-refractivity contribution in [3.8, 4) is 0 Å². The van der Waals surface area contributed by atoms with Crippen molar-refractivity contribution in [1.29, 1.82) is 0 Å². The van der Waals surface area contributed by atoms with Crippen LogP contribution in [0.3, 0.4) is 0 Å². The topological polar surface area (TPSA) is 0 Å². The molecular weight excluding hydrogens is 419 g/mol. The van der Waals surface area contributed by atoms with Crippen LogP contribution in [-0.4, -0.2) is 7.85 Å². The summed E-state index contributed by atoms with van der Waals surface area (Å²) in [6.07, 6.45) is 21.4. The monoisotopic (exact) mass is 464 g/mol. The standard InChI is InChI=1S/C34H45B/c1-8-10-11-12-16-25(3)21-22-30(9-2)28(6)34-24-31(23-26(4)17-15-18-27(5)35)33-20-14-13-19-32(33)29(34)7/h13-15,17-22,24,26,30-31H,3,6-12,16,23H2,1-2,4-5H3/b17-15-,22-21-,27-18+. The van der Waals surface area contributed by atoms with Crippen LogP contribution in [0, 0.1) is 11.8 Å². The van der Waals surface area contributed by atoms with Crippen molar-refractivity contribution in [1.82, 2.24) is 0 Å². The lowest BCUT2D eigenvalue weighted by Gasteiger charge is -2.30. The first kappa shape index (κ1) is 28.7. The first-order valence-electron chi connectivity index (χ1n) is 13.4. The van der Waals surface area contributed by atoms with Gasteiger partial charge in [-0.2, -0.15) is 0 Å². The van der Waals surface area contributed by atoms with Gasteiger partial charge in [0, 0.05) is 11.8 Å². The summed E-state index contributed by atoms with van der Waals surface area (Å²) in [6.45, 7) is 22.0. The van der Waals surface area contributed by atoms with Crippen molar-refractivity contribution in [3.05, 3.63) is 114 Å². The van der Waals surface area contributed by atoms with E-state index in [4.69, 9.17) is 7.85 Å². The molecule has 0 spiro atoms. The first-order valence-corrected chi connectivity index (χ1v) is 13.4. The molecule has 184 valence electrons. The lowest BCUT2D eigenvalue weighted by atomic mass is 9.74. The van der Waals surface area contributed by atoms with Gasteiger partial charge in [-0.15, -0.1) is 5.47 Å². The van der Waals surface area contributed by atoms with Gasteiger partial charge < -0.3 is 0 Å². The van der Waals surface area contributed by atoms with Crippen LogP contribution in [0.4, 0.5) is 0 Å². The van der Waals surface area contributed by atoms with Crippen LogP contribution in [0.5, 0.6) is 0 Å². The van der Waals surface area contributed by atoms with Crippen LogP contribution in [0.15, 0.2) is 103 Å². The molecule has 2 rings (SSSR count). The Hall–Kier alpha value is -2.54. The van der Waals surface area contributed by atoms with Gasteiger partial charge >= 0.3 is 0 Å². The maximum atomic E-state index is 5.78. The molecule has 0 amide bonds. The molecule has 3 atom stereocenters. The number of hydrogen-bond donors (Lipinski definition) is 0. The summed E-state index contributed by atoms with van der Waals surface area (Å²) in [5.74, 6) is 1.05. The minimum Gasteiger partial charge on any atom is -0.121 e. The largest absolute Gasteiger partial charge is 0.121 e. The van der Waals surface area contributed by atoms with Crippen LogP contribution in [0.25, 0.3) is 5.57 Å². The summed E-state index contributed by atoms with van der Waals surface area (Å²) in [4.78, 5) is 0. The Morgan fingerprint density at radius 2 is 1.83 bits per heavy atom. The maximum absolute atomic E-state index is 5.78. The Morgan fingerprint density at radius 3 is 2.51 bits per heavy atom. The molecule has 2 radical (unpaired) electrons. The highest BCUT2D eigenvalue weighted by Gasteiger charge is 2.26. The quantitative estimate of drug-likeness (QED) is 0.146. The van der Waals surface area contributed by atoms with Gasteiger partial charge in [-0.3, -0.25) is 0 Å². The summed E-state index contributed by atoms with van der Waals surface area (Å²) in [5, 5.41) is 0. The van der Waals surface area contributed by atoms with Gasteiger partial charge in [-0.05, 0) is 59.4 Å². The van der Waals surface area contributed by atoms with E-state index in [1.54, 1.807) is 0 Å². The van der Waals surface area contributed by atoms with Crippen molar-refractivity contribution >= 4 is 13.4 Å². The fourth-order valence-electron chi connectivity index (χ4n) is 4.82. The Bertz CT molecular complexity index is 993. The molecule has 0 aromatic heterocycles. The molecule has 0 saturated carbocycles. The molecule has 0 saturated heterocycles. The molecule has 1 aliphatic carbocycles. The van der Waals surface area contributed by atoms with Crippen molar-refractivity contribution in [2.75, 3.05) is 0 Å². The molecule has 1 aromatic rings. The lowest BCUT2D eigenvalue weighted by molar-refractivity contribution is 0.596. The van der Waals surface area contributed by atoms with Crippen molar-refractivity contribution in [2.24, 2.45) is 11.8 Å². The van der Waals surface area contributed by atoms with Gasteiger partial charge in [-0.25, -0.2) is 0 Å². The predicted octanol–water partition coefficient (Wildman–Crippen LogP) is 10.0. The summed E-state index contributed by atoms with van der Waals surface area (Å²) in [5.41, 5.74) is 8.14. The summed E-state index contributed by atoms with van der Waals surface area (Å²) >= 11 is 0. The van der Waals surface area contributed by atoms with Gasteiger partial charge in [0.1, 0.15) is 7.85 Å². The molecule has 1 aromatic carbocycles. The minimum atomic E-state index is 0.284. The Labute approximate surface area is 217 Å². The number of fused-ring (bicyclic) bond motifs is 1. The molecule has 1 aliphatic rings. The molecule has 35 heavy (non-hydrogen) atoms. The maximum Gasteiger partial charge on any atom is 0.107 e. The highest BCUT2D eigenvalue weighted by Crippen LogP contribution is 2.43. The van der Waals surface area contributed by atoms with Crippen molar-refractivity contribution < 1.29 is 0 Å². The zero-order chi connectivity index (χ0) is 25.8. The molecule has 3 unspecified atom stereocenters. The summed E-state index contributed by atoms with van der Waals surface area (Å²) in [7, 11) is 5.78. The van der Waals surface area contributed by atoms with Crippen LogP contribution in [0.2, 0.25) is 0 Å². The lowest BCUT2D eigenvalue weighted by Crippen LogP contribution is -2.13. The molecule has 1 heteroatoms. The van der Waals surface area contributed by atoms with Gasteiger partial charge in [0.15, 0.2) is 0 Å². The third-order valence-electron chi connectivity index (χ3n) is 6.95. The molecular formula is C34H45B. The third kappa shape index (κ3) is 8.88. The second-order valence-electron chi connectivity index (χ2n) is 10.1. The zero-order valence-electron chi connectivity index (χ0n) is 22.7. The highest BCUT2D eigenvalue weighted by molar-refractivity contribution is 6.21. The van der Waals surface area contributed by atoms with E-state index in [1.807, 2.05) is 13.0 Å². The number of allylic oxidation sites excluding steroid dienone is 11. The van der Waals surface area contributed by atoms with E-state index in [-0.39, 0.29) is 5.92 Å². The average Bonchev–Trinajstić information content (AvgIpc) is 2.83. The summed E-state index contributed by atoms with van der Waals surface area (Å²) in [6, 6.07) is 8.71. The van der Waals surface area contributed by atoms with E-state index in [0.717, 1.165) is 35.9 Å². The second kappa shape index (κ2) is 14.8. The Balaban J connectivity index is 2.22. The molecule has 0 nitrogen and oxygen atoms in total. The highest BCUT2D eigenvalue weighted by atomic mass is 14.3. The van der Waals surface area contributed by atoms with Gasteiger partial charge in [-0.1, -0.05) is 133 Å². The molecule has 0 bridgehead atoms. The van der Waals surface area contributed by atoms with E-state index in [0.29, 0.717) is 11.8 Å². The normalized spacial score (nSPS) is 17.9. The van der Waals surface area contributed by atoms with E-state index < -0.39 is 0 Å². The first-order chi connectivity index (χ1) is 16.8. The average molecular weight is 465 g/mol. The van der Waals surface area contributed by atoms with Crippen LogP contribution >= 0.6 is 0 Å². The Kier molecular flexibility index (Phi) is 12.1. The molecule has 0 fully saturated rings. The van der Waals surface area contributed by atoms with Crippen molar-refractivity contribution in [3.63, 3.8) is 0 Å². The summed E-state index contributed by atoms with van der Waals surface area (Å²) < 4.78 is 0. The van der Waals surface area contributed by atoms with E-state index in [2.05, 4.69) is 95.2 Å². The molecule has 0 heterocycles. The van der Waals surface area contributed by atoms with Gasteiger partial charge in [0.25, 0.3) is 0 Å². The predicted molar refractivity (Wildman–Crippen MR) is 159 cm³/mol. The zero-order valence-corrected chi connectivity index (χ0v) is 22.7. The number of benzene rings is 1. The second-order valence-corrected chi connectivity index (χ2v) is 10.1. The SMILES string of the molecule is [B]/C(C)=C/C=C\C(C)CC1C=C(C(=C)C(/C=C\C(=C)CCCCCC)CC)C(=C)c2ccccc21. The van der Waals surface area contributed by atoms with E-state index >= 15 is 0 Å². The van der Waals surface area contributed by atoms with E-state index in [1.165, 1.54) is 48.0 Å². The van der Waals surface area contributed by atoms with Crippen LogP contribution in [-0.2, 0) is 0 Å². The van der Waals surface area contributed by atoms with E-state index in [9.17, 15) is 0 Å². The van der Waals surface area contributed by atoms with Gasteiger partial charge in [0.05, 0.1) is 0 Å².